The standard InChI is InChI=1S/C14H19N5O/c20-14(19-16-9-10-5-3-4-8-15-10)13-11-6-1-2-7-12(11)17-18-13/h3-5,8-9,11-13,17-18H,1-2,6-7H2,(H,19,20)/b16-9+. The summed E-state index contributed by atoms with van der Waals surface area (Å²) >= 11 is 0. The quantitative estimate of drug-likeness (QED) is 0.555. The third kappa shape index (κ3) is 2.86. The molecule has 3 rings (SSSR count). The van der Waals surface area contributed by atoms with Crippen molar-refractivity contribution in [3.05, 3.63) is 30.1 Å². The van der Waals surface area contributed by atoms with Crippen LogP contribution in [0.3, 0.4) is 0 Å². The van der Waals surface area contributed by atoms with Gasteiger partial charge >= 0.3 is 0 Å². The molecule has 1 aliphatic heterocycles. The van der Waals surface area contributed by atoms with Crippen molar-refractivity contribution in [1.82, 2.24) is 21.3 Å². The second kappa shape index (κ2) is 6.11. The fraction of sp³-hybridized carbons (Fsp3) is 0.500. The van der Waals surface area contributed by atoms with Crippen LogP contribution in [0.1, 0.15) is 31.4 Å². The van der Waals surface area contributed by atoms with E-state index >= 15 is 0 Å². The smallest absolute Gasteiger partial charge is 0.258 e. The van der Waals surface area contributed by atoms with Crippen molar-refractivity contribution in [2.24, 2.45) is 11.0 Å². The Hall–Kier alpha value is -1.79. The molecule has 106 valence electrons. The van der Waals surface area contributed by atoms with Crippen molar-refractivity contribution in [3.63, 3.8) is 0 Å². The molecule has 1 aromatic heterocycles. The molecule has 6 heteroatoms. The SMILES string of the molecule is O=C(N/N=C/c1ccccn1)C1NNC2CCCCC21. The number of nitrogens with zero attached hydrogens (tertiary/aromatic N) is 2. The molecule has 6 nitrogen and oxygen atoms in total. The zero-order chi connectivity index (χ0) is 13.8. The van der Waals surface area contributed by atoms with Crippen molar-refractivity contribution in [2.45, 2.75) is 37.8 Å². The largest absolute Gasteiger partial charge is 0.271 e. The molecule has 0 radical (unpaired) electrons. The van der Waals surface area contributed by atoms with Crippen LogP contribution in [0, 0.1) is 5.92 Å². The lowest BCUT2D eigenvalue weighted by Crippen LogP contribution is -2.44. The van der Waals surface area contributed by atoms with E-state index in [-0.39, 0.29) is 11.9 Å². The summed E-state index contributed by atoms with van der Waals surface area (Å²) in [6.07, 6.45) is 7.91. The summed E-state index contributed by atoms with van der Waals surface area (Å²) in [6, 6.07) is 5.78. The van der Waals surface area contributed by atoms with Crippen LogP contribution in [0.4, 0.5) is 0 Å². The molecule has 0 spiro atoms. The highest BCUT2D eigenvalue weighted by atomic mass is 16.2. The molecule has 0 bridgehead atoms. The lowest BCUT2D eigenvalue weighted by atomic mass is 9.81. The van der Waals surface area contributed by atoms with Crippen molar-refractivity contribution >= 4 is 12.1 Å². The molecule has 3 atom stereocenters. The Balaban J connectivity index is 1.56. The highest BCUT2D eigenvalue weighted by molar-refractivity contribution is 5.84. The Morgan fingerprint density at radius 2 is 2.25 bits per heavy atom. The van der Waals surface area contributed by atoms with Crippen LogP contribution in [0.5, 0.6) is 0 Å². The van der Waals surface area contributed by atoms with Gasteiger partial charge in [-0.2, -0.15) is 5.10 Å². The molecular weight excluding hydrogens is 254 g/mol. The Morgan fingerprint density at radius 1 is 1.35 bits per heavy atom. The number of hydrogen-bond acceptors (Lipinski definition) is 5. The van der Waals surface area contributed by atoms with E-state index in [1.54, 1.807) is 12.4 Å². The number of fused-ring (bicyclic) bond motifs is 1. The van der Waals surface area contributed by atoms with Gasteiger partial charge in [-0.3, -0.25) is 15.2 Å². The first-order valence-corrected chi connectivity index (χ1v) is 7.09. The van der Waals surface area contributed by atoms with E-state index in [1.807, 2.05) is 18.2 Å². The highest BCUT2D eigenvalue weighted by Gasteiger charge is 2.40. The predicted octanol–water partition coefficient (Wildman–Crippen LogP) is 0.567. The Kier molecular flexibility index (Phi) is 4.03. The molecule has 2 heterocycles. The summed E-state index contributed by atoms with van der Waals surface area (Å²) in [5, 5.41) is 3.97. The Morgan fingerprint density at radius 3 is 3.10 bits per heavy atom. The van der Waals surface area contributed by atoms with Crippen LogP contribution in [-0.4, -0.2) is 29.2 Å². The highest BCUT2D eigenvalue weighted by Crippen LogP contribution is 2.29. The van der Waals surface area contributed by atoms with Crippen LogP contribution in [0.15, 0.2) is 29.5 Å². The van der Waals surface area contributed by atoms with Crippen molar-refractivity contribution in [2.75, 3.05) is 0 Å². The van der Waals surface area contributed by atoms with Crippen LogP contribution in [-0.2, 0) is 4.79 Å². The summed E-state index contributed by atoms with van der Waals surface area (Å²) in [4.78, 5) is 16.3. The van der Waals surface area contributed by atoms with Gasteiger partial charge in [0, 0.05) is 18.2 Å². The summed E-state index contributed by atoms with van der Waals surface area (Å²) in [5.74, 6) is 0.285. The van der Waals surface area contributed by atoms with Crippen molar-refractivity contribution in [3.8, 4) is 0 Å². The maximum atomic E-state index is 12.1. The van der Waals surface area contributed by atoms with E-state index in [0.717, 1.165) is 18.5 Å². The average Bonchev–Trinajstić information content (AvgIpc) is 2.92. The molecule has 1 aromatic rings. The van der Waals surface area contributed by atoms with E-state index in [2.05, 4.69) is 26.4 Å². The number of aromatic nitrogens is 1. The van der Waals surface area contributed by atoms with E-state index < -0.39 is 0 Å². The van der Waals surface area contributed by atoms with Gasteiger partial charge in [-0.15, -0.1) is 0 Å². The van der Waals surface area contributed by atoms with Gasteiger partial charge in [0.1, 0.15) is 6.04 Å². The first kappa shape index (κ1) is 13.2. The molecule has 3 unspecified atom stereocenters. The Bertz CT molecular complexity index is 490. The van der Waals surface area contributed by atoms with Gasteiger partial charge in [0.25, 0.3) is 5.91 Å². The molecule has 1 saturated heterocycles. The lowest BCUT2D eigenvalue weighted by molar-refractivity contribution is -0.123. The average molecular weight is 273 g/mol. The monoisotopic (exact) mass is 273 g/mol. The summed E-state index contributed by atoms with van der Waals surface area (Å²) in [6.45, 7) is 0. The number of amides is 1. The second-order valence-corrected chi connectivity index (χ2v) is 5.31. The zero-order valence-electron chi connectivity index (χ0n) is 11.2. The van der Waals surface area contributed by atoms with Gasteiger partial charge in [-0.05, 0) is 25.0 Å². The minimum absolute atomic E-state index is 0.0842. The number of carbonyl (C=O) groups is 1. The number of hydrazone groups is 1. The number of hydrogen-bond donors (Lipinski definition) is 3. The molecule has 2 aliphatic rings. The molecular formula is C14H19N5O. The fourth-order valence-corrected chi connectivity index (χ4v) is 2.99. The van der Waals surface area contributed by atoms with E-state index in [1.165, 1.54) is 12.8 Å². The van der Waals surface area contributed by atoms with Gasteiger partial charge in [-0.25, -0.2) is 10.9 Å². The number of pyridine rings is 1. The van der Waals surface area contributed by atoms with Crippen LogP contribution in [0.25, 0.3) is 0 Å². The molecule has 0 aromatic carbocycles. The zero-order valence-corrected chi connectivity index (χ0v) is 11.2. The second-order valence-electron chi connectivity index (χ2n) is 5.31. The molecule has 1 amide bonds. The van der Waals surface area contributed by atoms with Crippen LogP contribution in [0.2, 0.25) is 0 Å². The van der Waals surface area contributed by atoms with Gasteiger partial charge in [0.15, 0.2) is 0 Å². The molecule has 1 saturated carbocycles. The van der Waals surface area contributed by atoms with E-state index in [0.29, 0.717) is 12.0 Å². The molecule has 3 N–H and O–H groups in total. The number of nitrogens with one attached hydrogen (secondary N) is 3. The maximum absolute atomic E-state index is 12.1. The van der Waals surface area contributed by atoms with E-state index in [4.69, 9.17) is 0 Å². The van der Waals surface area contributed by atoms with Crippen molar-refractivity contribution < 1.29 is 4.79 Å². The maximum Gasteiger partial charge on any atom is 0.258 e. The molecule has 2 fully saturated rings. The topological polar surface area (TPSA) is 78.4 Å². The normalized spacial score (nSPS) is 29.3. The first-order valence-electron chi connectivity index (χ1n) is 7.09. The Labute approximate surface area is 118 Å². The number of hydrazine groups is 1. The minimum atomic E-state index is -0.193. The number of carbonyl (C=O) groups excluding carboxylic acids is 1. The molecule has 20 heavy (non-hydrogen) atoms. The fourth-order valence-electron chi connectivity index (χ4n) is 2.99. The third-order valence-electron chi connectivity index (χ3n) is 4.01. The van der Waals surface area contributed by atoms with Gasteiger partial charge in [0.05, 0.1) is 11.9 Å². The van der Waals surface area contributed by atoms with Gasteiger partial charge in [-0.1, -0.05) is 18.9 Å². The first-order chi connectivity index (χ1) is 9.84. The van der Waals surface area contributed by atoms with Crippen LogP contribution >= 0.6 is 0 Å². The van der Waals surface area contributed by atoms with Gasteiger partial charge in [0.2, 0.25) is 0 Å². The van der Waals surface area contributed by atoms with Crippen molar-refractivity contribution in [1.29, 1.82) is 0 Å². The predicted molar refractivity (Wildman–Crippen MR) is 75.8 cm³/mol. The van der Waals surface area contributed by atoms with E-state index in [9.17, 15) is 4.79 Å². The molecule has 1 aliphatic carbocycles. The third-order valence-corrected chi connectivity index (χ3v) is 4.01. The van der Waals surface area contributed by atoms with Gasteiger partial charge < -0.3 is 0 Å². The number of rotatable bonds is 3. The summed E-state index contributed by atoms with van der Waals surface area (Å²) < 4.78 is 0. The minimum Gasteiger partial charge on any atom is -0.271 e. The summed E-state index contributed by atoms with van der Waals surface area (Å²) in [7, 11) is 0. The lowest BCUT2D eigenvalue weighted by Gasteiger charge is -2.26. The van der Waals surface area contributed by atoms with Crippen LogP contribution < -0.4 is 16.3 Å². The summed E-state index contributed by atoms with van der Waals surface area (Å²) in [5.41, 5.74) is 9.64.